The number of hydrogen-bond acceptors (Lipinski definition) is 8. The topological polar surface area (TPSA) is 126 Å². The first kappa shape index (κ1) is 19.5. The lowest BCUT2D eigenvalue weighted by molar-refractivity contribution is -0.112. The van der Waals surface area contributed by atoms with Crippen molar-refractivity contribution in [3.8, 4) is 17.4 Å². The minimum absolute atomic E-state index is 0.0115. The molecule has 2 aromatic heterocycles. The summed E-state index contributed by atoms with van der Waals surface area (Å²) in [6, 6.07) is 14.6. The van der Waals surface area contributed by atoms with E-state index in [1.807, 2.05) is 30.3 Å². The van der Waals surface area contributed by atoms with Gasteiger partial charge in [-0.05, 0) is 12.1 Å². The fourth-order valence-electron chi connectivity index (χ4n) is 2.16. The monoisotopic (exact) mass is 414 g/mol. The molecule has 0 aliphatic heterocycles. The van der Waals surface area contributed by atoms with Crippen LogP contribution in [0.3, 0.4) is 0 Å². The lowest BCUT2D eigenvalue weighted by Gasteiger charge is -1.99. The molecule has 1 aromatic carbocycles. The maximum Gasteiger partial charge on any atom is 0.268 e. The maximum absolute atomic E-state index is 12.3. The molecule has 0 spiro atoms. The Balaban J connectivity index is 1.77. The molecule has 3 rings (SSSR count). The number of sulfone groups is 1. The van der Waals surface area contributed by atoms with Crippen LogP contribution in [0.1, 0.15) is 12.7 Å². The van der Waals surface area contributed by atoms with Crippen LogP contribution in [0.5, 0.6) is 0 Å². The zero-order valence-corrected chi connectivity index (χ0v) is 16.3. The van der Waals surface area contributed by atoms with Gasteiger partial charge in [0.2, 0.25) is 15.0 Å². The quantitative estimate of drug-likeness (QED) is 0.485. The van der Waals surface area contributed by atoms with Gasteiger partial charge in [-0.15, -0.1) is 0 Å². The molecular weight excluding hydrogens is 400 g/mol. The lowest BCUT2D eigenvalue weighted by atomic mass is 10.2. The van der Waals surface area contributed by atoms with Crippen LogP contribution in [-0.2, 0) is 14.6 Å². The van der Waals surface area contributed by atoms with Crippen LogP contribution in [0, 0.1) is 11.3 Å². The fourth-order valence-corrected chi connectivity index (χ4v) is 3.74. The predicted molar refractivity (Wildman–Crippen MR) is 104 cm³/mol. The number of hydrogen-bond donors (Lipinski definition) is 1. The summed E-state index contributed by atoms with van der Waals surface area (Å²) < 4.78 is 32.9. The molecule has 0 aliphatic carbocycles. The van der Waals surface area contributed by atoms with Gasteiger partial charge in [-0.2, -0.15) is 14.6 Å². The molecule has 0 bridgehead atoms. The second-order valence-corrected chi connectivity index (χ2v) is 8.40. The Bertz CT molecular complexity index is 1170. The molecule has 0 radical (unpaired) electrons. The maximum atomic E-state index is 12.3. The number of aromatic nitrogens is 2. The summed E-state index contributed by atoms with van der Waals surface area (Å²) in [4.78, 5) is 16.1. The number of anilines is 1. The highest BCUT2D eigenvalue weighted by molar-refractivity contribution is 7.91. The second-order valence-electron chi connectivity index (χ2n) is 5.48. The van der Waals surface area contributed by atoms with Gasteiger partial charge in [0.25, 0.3) is 11.1 Å². The first-order valence-corrected chi connectivity index (χ1v) is 10.5. The van der Waals surface area contributed by atoms with Crippen LogP contribution in [-0.4, -0.2) is 29.4 Å². The van der Waals surface area contributed by atoms with Crippen molar-refractivity contribution >= 4 is 38.5 Å². The van der Waals surface area contributed by atoms with Crippen molar-refractivity contribution in [2.24, 2.45) is 0 Å². The van der Waals surface area contributed by atoms with Crippen LogP contribution in [0.4, 0.5) is 5.13 Å². The van der Waals surface area contributed by atoms with Crippen molar-refractivity contribution in [3.05, 3.63) is 53.8 Å². The van der Waals surface area contributed by atoms with Crippen molar-refractivity contribution in [3.63, 3.8) is 0 Å². The van der Waals surface area contributed by atoms with Crippen molar-refractivity contribution in [1.82, 2.24) is 9.36 Å². The Morgan fingerprint density at radius 2 is 2.04 bits per heavy atom. The molecule has 0 atom stereocenters. The van der Waals surface area contributed by atoms with E-state index in [0.29, 0.717) is 11.5 Å². The third-order valence-electron chi connectivity index (χ3n) is 3.62. The van der Waals surface area contributed by atoms with E-state index in [0.717, 1.165) is 17.1 Å². The first-order valence-electron chi connectivity index (χ1n) is 8.08. The molecule has 3 aromatic rings. The SMILES string of the molecule is CCS(=O)(=O)c1nsc(NC(=O)C(C#N)=Cc2ccc(-c3ccccc3)o2)n1. The van der Waals surface area contributed by atoms with Crippen molar-refractivity contribution in [2.45, 2.75) is 12.1 Å². The van der Waals surface area contributed by atoms with Crippen molar-refractivity contribution in [1.29, 1.82) is 5.26 Å². The summed E-state index contributed by atoms with van der Waals surface area (Å²) in [5.74, 6) is 0.0415. The average Bonchev–Trinajstić information content (AvgIpc) is 3.36. The number of nitrogens with zero attached hydrogens (tertiary/aromatic N) is 3. The minimum atomic E-state index is -3.57. The highest BCUT2D eigenvalue weighted by Crippen LogP contribution is 2.23. The molecule has 1 N–H and O–H groups in total. The summed E-state index contributed by atoms with van der Waals surface area (Å²) >= 11 is 0.723. The Morgan fingerprint density at radius 3 is 2.71 bits per heavy atom. The van der Waals surface area contributed by atoms with Crippen molar-refractivity contribution < 1.29 is 17.6 Å². The highest BCUT2D eigenvalue weighted by Gasteiger charge is 2.20. The summed E-state index contributed by atoms with van der Waals surface area (Å²) in [7, 11) is -3.57. The van der Waals surface area contributed by atoms with Gasteiger partial charge in [0.15, 0.2) is 0 Å². The van der Waals surface area contributed by atoms with Gasteiger partial charge in [0.05, 0.1) is 5.75 Å². The normalized spacial score (nSPS) is 11.8. The third kappa shape index (κ3) is 4.33. The zero-order chi connectivity index (χ0) is 20.1. The van der Waals surface area contributed by atoms with E-state index in [1.54, 1.807) is 18.2 Å². The number of furan rings is 1. The van der Waals surface area contributed by atoms with E-state index in [-0.39, 0.29) is 21.6 Å². The van der Waals surface area contributed by atoms with Crippen molar-refractivity contribution in [2.75, 3.05) is 11.1 Å². The summed E-state index contributed by atoms with van der Waals surface area (Å²) in [5.41, 5.74) is 0.646. The van der Waals surface area contributed by atoms with Gasteiger partial charge in [-0.25, -0.2) is 8.42 Å². The average molecular weight is 414 g/mol. The number of amides is 1. The standard InChI is InChI=1S/C18H14N4O4S2/c1-2-28(24,25)18-21-17(27-22-18)20-16(23)13(11-19)10-14-8-9-15(26-14)12-6-4-3-5-7-12/h3-10H,2H2,1H3,(H,20,21,22,23). The largest absolute Gasteiger partial charge is 0.457 e. The Labute approximate surface area is 165 Å². The van der Waals surface area contributed by atoms with Gasteiger partial charge in [0.1, 0.15) is 23.2 Å². The third-order valence-corrected chi connectivity index (χ3v) is 5.87. The first-order chi connectivity index (χ1) is 13.4. The van der Waals surface area contributed by atoms with Gasteiger partial charge >= 0.3 is 0 Å². The molecule has 1 amide bonds. The molecule has 0 unspecified atom stereocenters. The molecular formula is C18H14N4O4S2. The van der Waals surface area contributed by atoms with Gasteiger partial charge in [-0.1, -0.05) is 37.3 Å². The summed E-state index contributed by atoms with van der Waals surface area (Å²) in [6.07, 6.45) is 1.30. The molecule has 2 heterocycles. The van der Waals surface area contributed by atoms with Crippen LogP contribution < -0.4 is 5.32 Å². The van der Waals surface area contributed by atoms with Gasteiger partial charge in [0, 0.05) is 23.2 Å². The molecule has 10 heteroatoms. The summed E-state index contributed by atoms with van der Waals surface area (Å²) in [6.45, 7) is 1.47. The van der Waals surface area contributed by atoms with Crippen LogP contribution in [0.25, 0.3) is 17.4 Å². The number of carbonyl (C=O) groups is 1. The highest BCUT2D eigenvalue weighted by atomic mass is 32.2. The number of carbonyl (C=O) groups excluding carboxylic acids is 1. The smallest absolute Gasteiger partial charge is 0.268 e. The molecule has 0 fully saturated rings. The van der Waals surface area contributed by atoms with Crippen LogP contribution in [0.15, 0.2) is 57.6 Å². The Hall–Kier alpha value is -3.29. The van der Waals surface area contributed by atoms with E-state index in [2.05, 4.69) is 14.7 Å². The van der Waals surface area contributed by atoms with E-state index in [9.17, 15) is 18.5 Å². The molecule has 8 nitrogen and oxygen atoms in total. The number of benzene rings is 1. The zero-order valence-electron chi connectivity index (χ0n) is 14.6. The van der Waals surface area contributed by atoms with E-state index in [4.69, 9.17) is 4.42 Å². The second kappa shape index (κ2) is 8.16. The van der Waals surface area contributed by atoms with E-state index in [1.165, 1.54) is 13.0 Å². The predicted octanol–water partition coefficient (Wildman–Crippen LogP) is 3.14. The minimum Gasteiger partial charge on any atom is -0.457 e. The lowest BCUT2D eigenvalue weighted by Crippen LogP contribution is -2.13. The number of nitriles is 1. The molecule has 0 aliphatic rings. The molecule has 0 saturated heterocycles. The van der Waals surface area contributed by atoms with Gasteiger partial charge < -0.3 is 4.42 Å². The van der Waals surface area contributed by atoms with E-state index >= 15 is 0 Å². The number of rotatable bonds is 6. The van der Waals surface area contributed by atoms with Crippen LogP contribution in [0.2, 0.25) is 0 Å². The fraction of sp³-hybridized carbons (Fsp3) is 0.111. The molecule has 142 valence electrons. The number of nitrogens with one attached hydrogen (secondary N) is 1. The molecule has 0 saturated carbocycles. The Kier molecular flexibility index (Phi) is 5.67. The molecule has 28 heavy (non-hydrogen) atoms. The van der Waals surface area contributed by atoms with Crippen LogP contribution >= 0.6 is 11.5 Å². The van der Waals surface area contributed by atoms with Gasteiger partial charge in [-0.3, -0.25) is 10.1 Å². The summed E-state index contributed by atoms with van der Waals surface area (Å²) in [5, 5.41) is 11.3. The Morgan fingerprint density at radius 1 is 1.29 bits per heavy atom. The van der Waals surface area contributed by atoms with E-state index < -0.39 is 15.7 Å².